The minimum Gasteiger partial charge on any atom is -0.359 e. The predicted octanol–water partition coefficient (Wildman–Crippen LogP) is 3.02. The van der Waals surface area contributed by atoms with Gasteiger partial charge in [0.15, 0.2) is 0 Å². The molecule has 4 heteroatoms. The van der Waals surface area contributed by atoms with Crippen molar-refractivity contribution in [2.45, 2.75) is 13.5 Å². The van der Waals surface area contributed by atoms with E-state index in [-0.39, 0.29) is 19.2 Å². The molecule has 1 aromatic rings. The first-order valence-corrected chi connectivity index (χ1v) is 4.95. The van der Waals surface area contributed by atoms with Gasteiger partial charge in [-0.3, -0.25) is 0 Å². The highest BCUT2D eigenvalue weighted by Crippen LogP contribution is 2.22. The lowest BCUT2D eigenvalue weighted by Crippen LogP contribution is -2.00. The summed E-state index contributed by atoms with van der Waals surface area (Å²) in [7, 11) is 1.53. The maximum atomic E-state index is 13.4. The molecule has 0 saturated carbocycles. The molecule has 1 aromatic carbocycles. The van der Waals surface area contributed by atoms with E-state index in [0.29, 0.717) is 5.56 Å². The van der Waals surface area contributed by atoms with Crippen molar-refractivity contribution in [2.24, 2.45) is 0 Å². The maximum absolute atomic E-state index is 13.4. The first-order valence-electron chi connectivity index (χ1n) is 4.16. The van der Waals surface area contributed by atoms with Gasteiger partial charge in [0.05, 0.1) is 6.61 Å². The van der Waals surface area contributed by atoms with Crippen LogP contribution in [0, 0.1) is 12.7 Å². The SMILES string of the molecule is COCOCc1c(F)cc(C)cc1Br. The van der Waals surface area contributed by atoms with E-state index in [9.17, 15) is 4.39 Å². The second-order valence-corrected chi connectivity index (χ2v) is 3.82. The Morgan fingerprint density at radius 2 is 2.14 bits per heavy atom. The smallest absolute Gasteiger partial charge is 0.146 e. The predicted molar refractivity (Wildman–Crippen MR) is 55.5 cm³/mol. The Morgan fingerprint density at radius 3 is 2.71 bits per heavy atom. The summed E-state index contributed by atoms with van der Waals surface area (Å²) in [4.78, 5) is 0. The Hall–Kier alpha value is -0.450. The van der Waals surface area contributed by atoms with Gasteiger partial charge in [-0.1, -0.05) is 15.9 Å². The standard InChI is InChI=1S/C10H12BrFO2/c1-7-3-9(11)8(10(12)4-7)5-14-6-13-2/h3-4H,5-6H2,1-2H3. The summed E-state index contributed by atoms with van der Waals surface area (Å²) in [5, 5.41) is 0. The first-order chi connectivity index (χ1) is 6.65. The summed E-state index contributed by atoms with van der Waals surface area (Å²) >= 11 is 3.29. The van der Waals surface area contributed by atoms with Gasteiger partial charge < -0.3 is 9.47 Å². The fraction of sp³-hybridized carbons (Fsp3) is 0.400. The van der Waals surface area contributed by atoms with Crippen molar-refractivity contribution in [1.82, 2.24) is 0 Å². The molecule has 1 rings (SSSR count). The Morgan fingerprint density at radius 1 is 1.43 bits per heavy atom. The largest absolute Gasteiger partial charge is 0.359 e. The molecule has 0 heterocycles. The highest BCUT2D eigenvalue weighted by molar-refractivity contribution is 9.10. The number of aryl methyl sites for hydroxylation is 1. The molecular weight excluding hydrogens is 251 g/mol. The van der Waals surface area contributed by atoms with Crippen molar-refractivity contribution >= 4 is 15.9 Å². The minimum atomic E-state index is -0.257. The topological polar surface area (TPSA) is 18.5 Å². The van der Waals surface area contributed by atoms with E-state index in [1.807, 2.05) is 13.0 Å². The molecule has 0 amide bonds. The number of methoxy groups -OCH3 is 1. The summed E-state index contributed by atoms with van der Waals surface area (Å²) in [6, 6.07) is 3.34. The van der Waals surface area contributed by atoms with E-state index >= 15 is 0 Å². The Kier molecular flexibility index (Phi) is 4.51. The number of ether oxygens (including phenoxy) is 2. The molecule has 0 aliphatic carbocycles. The van der Waals surface area contributed by atoms with Crippen molar-refractivity contribution in [1.29, 1.82) is 0 Å². The summed E-state index contributed by atoms with van der Waals surface area (Å²) in [6.07, 6.45) is 0. The van der Waals surface area contributed by atoms with E-state index in [0.717, 1.165) is 10.0 Å². The maximum Gasteiger partial charge on any atom is 0.146 e. The minimum absolute atomic E-state index is 0.166. The molecule has 0 atom stereocenters. The van der Waals surface area contributed by atoms with Crippen LogP contribution in [0.4, 0.5) is 4.39 Å². The lowest BCUT2D eigenvalue weighted by atomic mass is 10.1. The molecular formula is C10H12BrFO2. The molecule has 0 aliphatic rings. The Balaban J connectivity index is 2.75. The van der Waals surface area contributed by atoms with Gasteiger partial charge in [0.1, 0.15) is 12.6 Å². The number of hydrogen-bond acceptors (Lipinski definition) is 2. The molecule has 14 heavy (non-hydrogen) atoms. The second kappa shape index (κ2) is 5.44. The lowest BCUT2D eigenvalue weighted by molar-refractivity contribution is -0.0400. The normalized spacial score (nSPS) is 10.6. The molecule has 0 radical (unpaired) electrons. The van der Waals surface area contributed by atoms with Crippen molar-refractivity contribution in [2.75, 3.05) is 13.9 Å². The van der Waals surface area contributed by atoms with Gasteiger partial charge in [0.2, 0.25) is 0 Å². The molecule has 0 N–H and O–H groups in total. The van der Waals surface area contributed by atoms with Crippen molar-refractivity contribution in [3.63, 3.8) is 0 Å². The van der Waals surface area contributed by atoms with Gasteiger partial charge >= 0.3 is 0 Å². The van der Waals surface area contributed by atoms with Crippen LogP contribution < -0.4 is 0 Å². The van der Waals surface area contributed by atoms with E-state index in [1.165, 1.54) is 13.2 Å². The zero-order chi connectivity index (χ0) is 10.6. The highest BCUT2D eigenvalue weighted by Gasteiger charge is 2.07. The molecule has 0 bridgehead atoms. The fourth-order valence-corrected chi connectivity index (χ4v) is 1.76. The van der Waals surface area contributed by atoms with Crippen LogP contribution in [0.5, 0.6) is 0 Å². The average molecular weight is 263 g/mol. The summed E-state index contributed by atoms with van der Waals surface area (Å²) < 4.78 is 23.9. The van der Waals surface area contributed by atoms with Gasteiger partial charge in [-0.2, -0.15) is 0 Å². The third-order valence-electron chi connectivity index (χ3n) is 1.73. The number of rotatable bonds is 4. The van der Waals surface area contributed by atoms with Crippen LogP contribution in [-0.2, 0) is 16.1 Å². The first kappa shape index (κ1) is 11.6. The highest BCUT2D eigenvalue weighted by atomic mass is 79.9. The average Bonchev–Trinajstić information content (AvgIpc) is 2.09. The second-order valence-electron chi connectivity index (χ2n) is 2.96. The van der Waals surface area contributed by atoms with Crippen LogP contribution in [-0.4, -0.2) is 13.9 Å². The van der Waals surface area contributed by atoms with Crippen LogP contribution in [0.15, 0.2) is 16.6 Å². The van der Waals surface area contributed by atoms with Crippen molar-refractivity contribution in [3.05, 3.63) is 33.5 Å². The molecule has 0 spiro atoms. The fourth-order valence-electron chi connectivity index (χ4n) is 1.09. The molecule has 0 fully saturated rings. The van der Waals surface area contributed by atoms with Crippen LogP contribution in [0.1, 0.15) is 11.1 Å². The molecule has 78 valence electrons. The third-order valence-corrected chi connectivity index (χ3v) is 2.44. The van der Waals surface area contributed by atoms with Gasteiger partial charge in [0.25, 0.3) is 0 Å². The monoisotopic (exact) mass is 262 g/mol. The van der Waals surface area contributed by atoms with E-state index in [2.05, 4.69) is 15.9 Å². The van der Waals surface area contributed by atoms with Gasteiger partial charge in [-0.25, -0.2) is 4.39 Å². The number of halogens is 2. The number of benzene rings is 1. The summed E-state index contributed by atoms with van der Waals surface area (Å²) in [6.45, 7) is 2.22. The molecule has 0 aromatic heterocycles. The molecule has 0 unspecified atom stereocenters. The Bertz CT molecular complexity index is 292. The third kappa shape index (κ3) is 3.04. The van der Waals surface area contributed by atoms with Gasteiger partial charge in [0, 0.05) is 17.1 Å². The van der Waals surface area contributed by atoms with Crippen LogP contribution in [0.3, 0.4) is 0 Å². The van der Waals surface area contributed by atoms with Gasteiger partial charge in [-0.05, 0) is 24.6 Å². The number of hydrogen-bond donors (Lipinski definition) is 0. The van der Waals surface area contributed by atoms with E-state index in [4.69, 9.17) is 9.47 Å². The summed E-state index contributed by atoms with van der Waals surface area (Å²) in [5.41, 5.74) is 1.40. The van der Waals surface area contributed by atoms with Crippen LogP contribution in [0.2, 0.25) is 0 Å². The molecule has 2 nitrogen and oxygen atoms in total. The van der Waals surface area contributed by atoms with Crippen LogP contribution >= 0.6 is 15.9 Å². The zero-order valence-electron chi connectivity index (χ0n) is 8.14. The molecule has 0 saturated heterocycles. The van der Waals surface area contributed by atoms with Gasteiger partial charge in [-0.15, -0.1) is 0 Å². The van der Waals surface area contributed by atoms with E-state index < -0.39 is 0 Å². The molecule has 0 aliphatic heterocycles. The van der Waals surface area contributed by atoms with E-state index in [1.54, 1.807) is 0 Å². The van der Waals surface area contributed by atoms with Crippen molar-refractivity contribution in [3.8, 4) is 0 Å². The quantitative estimate of drug-likeness (QED) is 0.614. The Labute approximate surface area is 91.2 Å². The van der Waals surface area contributed by atoms with Crippen molar-refractivity contribution < 1.29 is 13.9 Å². The van der Waals surface area contributed by atoms with Crippen LogP contribution in [0.25, 0.3) is 0 Å². The lowest BCUT2D eigenvalue weighted by Gasteiger charge is -2.07. The zero-order valence-corrected chi connectivity index (χ0v) is 9.73. The summed E-state index contributed by atoms with van der Waals surface area (Å²) in [5.74, 6) is -0.257.